The molecule has 6 unspecified atom stereocenters. The van der Waals surface area contributed by atoms with Crippen molar-refractivity contribution in [3.05, 3.63) is 54.4 Å². The van der Waals surface area contributed by atoms with Gasteiger partial charge in [0.25, 0.3) is 5.56 Å². The zero-order chi connectivity index (χ0) is 24.1. The van der Waals surface area contributed by atoms with Crippen LogP contribution in [0, 0.1) is 26.2 Å². The number of carbonyl (C=O) groups is 1. The second-order valence-electron chi connectivity index (χ2n) is 10.2. The highest BCUT2D eigenvalue weighted by Crippen LogP contribution is 2.62. The summed E-state index contributed by atoms with van der Waals surface area (Å²) < 4.78 is 6.94. The summed E-state index contributed by atoms with van der Waals surface area (Å²) in [6.45, 7) is 8.55. The molecule has 0 saturated heterocycles. The Morgan fingerprint density at radius 1 is 1.33 bits per heavy atom. The maximum absolute atomic E-state index is 12.8. The van der Waals surface area contributed by atoms with Crippen LogP contribution in [0.15, 0.2) is 39.6 Å². The van der Waals surface area contributed by atoms with Gasteiger partial charge in [0, 0.05) is 11.6 Å². The number of nitrogens with one attached hydrogen (secondary N) is 1. The van der Waals surface area contributed by atoms with E-state index >= 15 is 0 Å². The number of carbonyl (C=O) groups excluding carboxylic acids is 1. The van der Waals surface area contributed by atoms with E-state index in [2.05, 4.69) is 18.5 Å². The first-order valence-electron chi connectivity index (χ1n) is 11.4. The van der Waals surface area contributed by atoms with E-state index < -0.39 is 34.8 Å². The van der Waals surface area contributed by atoms with Gasteiger partial charge < -0.3 is 14.9 Å². The van der Waals surface area contributed by atoms with Gasteiger partial charge in [0.2, 0.25) is 0 Å². The lowest BCUT2D eigenvalue weighted by atomic mass is 9.46. The first kappa shape index (κ1) is 24.4. The second kappa shape index (κ2) is 8.81. The van der Waals surface area contributed by atoms with Gasteiger partial charge in [-0.25, -0.2) is 9.59 Å². The van der Waals surface area contributed by atoms with Gasteiger partial charge in [0.15, 0.2) is 0 Å². The lowest BCUT2D eigenvalue weighted by Gasteiger charge is -2.60. The van der Waals surface area contributed by atoms with Gasteiger partial charge in [-0.15, -0.1) is 0 Å². The monoisotopic (exact) mass is 570 g/mol. The average Bonchev–Trinajstić information content (AvgIpc) is 3.19. The van der Waals surface area contributed by atoms with Crippen molar-refractivity contribution in [1.29, 1.82) is 0 Å². The minimum atomic E-state index is -0.628. The molecular formula is C24H31IN2O6. The lowest BCUT2D eigenvalue weighted by molar-refractivity contribution is -0.153. The molecule has 9 heteroatoms. The molecule has 4 rings (SSSR count). The van der Waals surface area contributed by atoms with Crippen LogP contribution in [0.3, 0.4) is 0 Å². The lowest BCUT2D eigenvalue weighted by Crippen LogP contribution is -2.57. The number of esters is 1. The third kappa shape index (κ3) is 3.95. The molecule has 0 amide bonds. The Hall–Kier alpha value is -1.72. The Morgan fingerprint density at radius 3 is 2.70 bits per heavy atom. The van der Waals surface area contributed by atoms with Gasteiger partial charge >= 0.3 is 11.7 Å². The quantitative estimate of drug-likeness (QED) is 0.284. The molecule has 2 aliphatic carbocycles. The molecule has 2 saturated carbocycles. The number of allylic oxidation sites excluding steroid dienone is 1. The summed E-state index contributed by atoms with van der Waals surface area (Å²) in [4.78, 5) is 39.7. The zero-order valence-corrected chi connectivity index (χ0v) is 21.1. The molecule has 0 radical (unpaired) electrons. The molecule has 0 aromatic carbocycles. The number of hydrogen-bond acceptors (Lipinski definition) is 6. The maximum Gasteiger partial charge on any atom is 0.336 e. The molecule has 0 bridgehead atoms. The van der Waals surface area contributed by atoms with Gasteiger partial charge in [-0.05, 0) is 78.0 Å². The fourth-order valence-electron chi connectivity index (χ4n) is 6.59. The van der Waals surface area contributed by atoms with Crippen molar-refractivity contribution in [2.75, 3.05) is 13.2 Å². The van der Waals surface area contributed by atoms with E-state index in [1.165, 1.54) is 10.8 Å². The standard InChI is InChI=1S/C24H31IN2O6/c1-13-4-5-18-23(2,8-6-19(29)24(18,3)12-28)15(13)10-17(14-7-9-33-21(14)31)27-11-16(25)20(30)26-22(27)32/h7,11,15,17-19,28-29H,1,4-6,8-10,12H2,2-3H3,(H,26,30,32). The van der Waals surface area contributed by atoms with E-state index in [9.17, 15) is 24.6 Å². The summed E-state index contributed by atoms with van der Waals surface area (Å²) in [5, 5.41) is 21.0. The van der Waals surface area contributed by atoms with Crippen LogP contribution in [0.25, 0.3) is 0 Å². The predicted octanol–water partition coefficient (Wildman–Crippen LogP) is 2.30. The number of aromatic nitrogens is 2. The number of aromatic amines is 1. The molecule has 2 heterocycles. The molecule has 180 valence electrons. The third-order valence-electron chi connectivity index (χ3n) is 8.52. The van der Waals surface area contributed by atoms with E-state index in [1.807, 2.05) is 29.5 Å². The fourth-order valence-corrected chi connectivity index (χ4v) is 7.02. The van der Waals surface area contributed by atoms with E-state index in [0.717, 1.165) is 24.8 Å². The Morgan fingerprint density at radius 2 is 2.06 bits per heavy atom. The molecule has 3 aliphatic rings. The molecule has 8 nitrogen and oxygen atoms in total. The maximum atomic E-state index is 12.8. The van der Waals surface area contributed by atoms with Crippen LogP contribution in [0.4, 0.5) is 0 Å². The van der Waals surface area contributed by atoms with Gasteiger partial charge in [0.1, 0.15) is 6.61 Å². The van der Waals surface area contributed by atoms with Crippen molar-refractivity contribution in [1.82, 2.24) is 9.55 Å². The summed E-state index contributed by atoms with van der Waals surface area (Å²) in [6.07, 6.45) is 5.95. The van der Waals surface area contributed by atoms with Crippen molar-refractivity contribution in [3.63, 3.8) is 0 Å². The SMILES string of the molecule is C=C1CCC2C(C)(CO)C(O)CCC2(C)C1CC(C1=CCOC1=O)n1cc(I)c(=O)[nH]c1=O. The number of ether oxygens (including phenoxy) is 1. The topological polar surface area (TPSA) is 122 Å². The third-order valence-corrected chi connectivity index (χ3v) is 9.29. The van der Waals surface area contributed by atoms with Crippen molar-refractivity contribution in [3.8, 4) is 0 Å². The van der Waals surface area contributed by atoms with Gasteiger partial charge in [-0.3, -0.25) is 14.3 Å². The average molecular weight is 570 g/mol. The van der Waals surface area contributed by atoms with Crippen LogP contribution in [-0.4, -0.2) is 45.1 Å². The Bertz CT molecular complexity index is 1120. The van der Waals surface area contributed by atoms with Crippen molar-refractivity contribution in [2.24, 2.45) is 22.7 Å². The van der Waals surface area contributed by atoms with Crippen LogP contribution in [0.5, 0.6) is 0 Å². The van der Waals surface area contributed by atoms with Gasteiger partial charge in [-0.1, -0.05) is 26.0 Å². The molecule has 0 spiro atoms. The number of fused-ring (bicyclic) bond motifs is 1. The summed E-state index contributed by atoms with van der Waals surface area (Å²) in [5.41, 5.74) is -0.487. The van der Waals surface area contributed by atoms with Crippen LogP contribution >= 0.6 is 22.6 Å². The van der Waals surface area contributed by atoms with Crippen molar-refractivity contribution < 1.29 is 19.7 Å². The van der Waals surface area contributed by atoms with Crippen LogP contribution in [0.2, 0.25) is 0 Å². The summed E-state index contributed by atoms with van der Waals surface area (Å²) in [7, 11) is 0. The highest BCUT2D eigenvalue weighted by atomic mass is 127. The normalized spacial score (nSPS) is 35.1. The molecular weight excluding hydrogens is 539 g/mol. The largest absolute Gasteiger partial charge is 0.458 e. The van der Waals surface area contributed by atoms with E-state index in [-0.39, 0.29) is 30.5 Å². The predicted molar refractivity (Wildman–Crippen MR) is 131 cm³/mol. The molecule has 1 aromatic heterocycles. The highest BCUT2D eigenvalue weighted by Gasteiger charge is 2.58. The number of aliphatic hydroxyl groups is 2. The fraction of sp³-hybridized carbons (Fsp3) is 0.625. The first-order chi connectivity index (χ1) is 15.5. The Balaban J connectivity index is 1.79. The second-order valence-corrected chi connectivity index (χ2v) is 11.3. The summed E-state index contributed by atoms with van der Waals surface area (Å²) in [6, 6.07) is -0.623. The van der Waals surface area contributed by atoms with E-state index in [0.29, 0.717) is 22.0 Å². The van der Waals surface area contributed by atoms with Crippen molar-refractivity contribution >= 4 is 28.6 Å². The molecule has 2 fully saturated rings. The van der Waals surface area contributed by atoms with E-state index in [4.69, 9.17) is 4.74 Å². The summed E-state index contributed by atoms with van der Waals surface area (Å²) >= 11 is 1.88. The molecule has 1 aromatic rings. The Labute approximate surface area is 205 Å². The van der Waals surface area contributed by atoms with Crippen LogP contribution < -0.4 is 11.2 Å². The minimum absolute atomic E-state index is 0.0505. The zero-order valence-electron chi connectivity index (χ0n) is 19.0. The highest BCUT2D eigenvalue weighted by molar-refractivity contribution is 14.1. The van der Waals surface area contributed by atoms with E-state index in [1.54, 1.807) is 6.08 Å². The Kier molecular flexibility index (Phi) is 6.52. The number of hydrogen-bond donors (Lipinski definition) is 3. The molecule has 33 heavy (non-hydrogen) atoms. The van der Waals surface area contributed by atoms with Crippen LogP contribution in [0.1, 0.15) is 52.0 Å². The molecule has 3 N–H and O–H groups in total. The van der Waals surface area contributed by atoms with Crippen molar-refractivity contribution in [2.45, 2.75) is 58.1 Å². The summed E-state index contributed by atoms with van der Waals surface area (Å²) in [5.74, 6) is -0.451. The first-order valence-corrected chi connectivity index (χ1v) is 12.5. The number of rotatable bonds is 5. The smallest absolute Gasteiger partial charge is 0.336 e. The number of halogens is 1. The molecule has 1 aliphatic heterocycles. The number of aliphatic hydroxyl groups excluding tert-OH is 2. The molecule has 6 atom stereocenters. The number of H-pyrrole nitrogens is 1. The number of cyclic esters (lactones) is 1. The minimum Gasteiger partial charge on any atom is -0.458 e. The van der Waals surface area contributed by atoms with Gasteiger partial charge in [-0.2, -0.15) is 0 Å². The van der Waals surface area contributed by atoms with Crippen LogP contribution in [-0.2, 0) is 9.53 Å². The number of nitrogens with zero attached hydrogens (tertiary/aromatic N) is 1. The van der Waals surface area contributed by atoms with Gasteiger partial charge in [0.05, 0.1) is 27.9 Å².